The van der Waals surface area contributed by atoms with Gasteiger partial charge in [0, 0.05) is 28.3 Å². The molecule has 1 heterocycles. The van der Waals surface area contributed by atoms with Gasteiger partial charge in [-0.1, -0.05) is 6.07 Å². The van der Waals surface area contributed by atoms with Crippen molar-refractivity contribution < 1.29 is 4.21 Å². The molecule has 0 aromatic heterocycles. The number of hydrogen-bond donors (Lipinski definition) is 2. The molecule has 1 aromatic carbocycles. The van der Waals surface area contributed by atoms with Crippen molar-refractivity contribution in [3.8, 4) is 6.07 Å². The Bertz CT molecular complexity index is 471. The van der Waals surface area contributed by atoms with Crippen LogP contribution in [-0.2, 0) is 10.8 Å². The Morgan fingerprint density at radius 3 is 2.76 bits per heavy atom. The maximum atomic E-state index is 11.2. The zero-order chi connectivity index (χ0) is 12.3. The van der Waals surface area contributed by atoms with Gasteiger partial charge in [-0.2, -0.15) is 5.26 Å². The van der Waals surface area contributed by atoms with E-state index >= 15 is 0 Å². The lowest BCUT2D eigenvalue weighted by Gasteiger charge is -2.24. The van der Waals surface area contributed by atoms with Gasteiger partial charge in [-0.05, 0) is 25.0 Å². The maximum absolute atomic E-state index is 11.2. The third-order valence-corrected chi connectivity index (χ3v) is 4.36. The molecule has 5 heteroatoms. The summed E-state index contributed by atoms with van der Waals surface area (Å²) in [5.74, 6) is 1.49. The van der Waals surface area contributed by atoms with Gasteiger partial charge < -0.3 is 11.1 Å². The zero-order valence-corrected chi connectivity index (χ0v) is 10.3. The molecule has 0 unspecified atom stereocenters. The number of nitrogens with zero attached hydrogens (tertiary/aromatic N) is 1. The summed E-state index contributed by atoms with van der Waals surface area (Å²) in [5.41, 5.74) is 7.70. The predicted octanol–water partition coefficient (Wildman–Crippen LogP) is 1.46. The first-order valence-electron chi connectivity index (χ1n) is 5.61. The highest BCUT2D eigenvalue weighted by Crippen LogP contribution is 2.24. The lowest BCUT2D eigenvalue weighted by Crippen LogP contribution is -2.29. The van der Waals surface area contributed by atoms with Crippen molar-refractivity contribution in [1.82, 2.24) is 0 Å². The van der Waals surface area contributed by atoms with Crippen LogP contribution in [-0.4, -0.2) is 21.8 Å². The van der Waals surface area contributed by atoms with Gasteiger partial charge in [-0.25, -0.2) is 0 Å². The quantitative estimate of drug-likeness (QED) is 0.778. The summed E-state index contributed by atoms with van der Waals surface area (Å²) in [6.45, 7) is 0. The number of hydrogen-bond acceptors (Lipinski definition) is 4. The van der Waals surface area contributed by atoms with E-state index in [-0.39, 0.29) is 0 Å². The third kappa shape index (κ3) is 2.77. The molecule has 1 saturated heterocycles. The summed E-state index contributed by atoms with van der Waals surface area (Å²) in [6.07, 6.45) is 1.78. The van der Waals surface area contributed by atoms with E-state index in [1.165, 1.54) is 0 Å². The Kier molecular flexibility index (Phi) is 3.64. The van der Waals surface area contributed by atoms with Gasteiger partial charge in [0.05, 0.1) is 16.9 Å². The zero-order valence-electron chi connectivity index (χ0n) is 9.48. The monoisotopic (exact) mass is 249 g/mol. The number of nitrogens with one attached hydrogen (secondary N) is 1. The average molecular weight is 249 g/mol. The van der Waals surface area contributed by atoms with E-state index in [4.69, 9.17) is 11.0 Å². The smallest absolute Gasteiger partial charge is 0.101 e. The number of nitrogens with two attached hydrogens (primary N) is 1. The summed E-state index contributed by atoms with van der Waals surface area (Å²) >= 11 is 0. The van der Waals surface area contributed by atoms with Crippen LogP contribution in [0, 0.1) is 11.3 Å². The van der Waals surface area contributed by atoms with E-state index in [2.05, 4.69) is 11.4 Å². The van der Waals surface area contributed by atoms with Crippen LogP contribution >= 0.6 is 0 Å². The number of benzene rings is 1. The Hall–Kier alpha value is -1.54. The molecule has 0 amide bonds. The lowest BCUT2D eigenvalue weighted by molar-refractivity contribution is 0.624. The first-order chi connectivity index (χ1) is 8.20. The summed E-state index contributed by atoms with van der Waals surface area (Å²) < 4.78 is 11.2. The van der Waals surface area contributed by atoms with Crippen LogP contribution in [0.5, 0.6) is 0 Å². The predicted molar refractivity (Wildman–Crippen MR) is 70.1 cm³/mol. The second-order valence-corrected chi connectivity index (χ2v) is 5.84. The molecule has 2 rings (SSSR count). The molecule has 0 radical (unpaired) electrons. The molecule has 90 valence electrons. The van der Waals surface area contributed by atoms with Crippen molar-refractivity contribution in [2.24, 2.45) is 0 Å². The molecule has 1 fully saturated rings. The summed E-state index contributed by atoms with van der Waals surface area (Å²) in [5, 5.41) is 12.2. The van der Waals surface area contributed by atoms with E-state index in [1.807, 2.05) is 12.1 Å². The minimum absolute atomic E-state index is 0.309. The Morgan fingerprint density at radius 1 is 1.41 bits per heavy atom. The minimum Gasteiger partial charge on any atom is -0.396 e. The van der Waals surface area contributed by atoms with Crippen LogP contribution in [0.2, 0.25) is 0 Å². The Labute approximate surface area is 103 Å². The van der Waals surface area contributed by atoms with Gasteiger partial charge in [-0.3, -0.25) is 4.21 Å². The van der Waals surface area contributed by atoms with Gasteiger partial charge in [0.25, 0.3) is 0 Å². The topological polar surface area (TPSA) is 78.9 Å². The number of nitrogen functional groups attached to an aromatic ring is 1. The van der Waals surface area contributed by atoms with Gasteiger partial charge in [0.15, 0.2) is 0 Å². The molecule has 1 aliphatic heterocycles. The first kappa shape index (κ1) is 11.9. The SMILES string of the molecule is N#Cc1cccc(NC2CCS(=O)CC2)c1N. The molecule has 1 aromatic rings. The largest absolute Gasteiger partial charge is 0.396 e. The molecule has 0 aliphatic carbocycles. The average Bonchev–Trinajstić information content (AvgIpc) is 2.35. The van der Waals surface area contributed by atoms with E-state index < -0.39 is 10.8 Å². The van der Waals surface area contributed by atoms with Crippen LogP contribution in [0.3, 0.4) is 0 Å². The molecule has 17 heavy (non-hydrogen) atoms. The minimum atomic E-state index is -0.654. The van der Waals surface area contributed by atoms with Gasteiger partial charge in [0.1, 0.15) is 6.07 Å². The molecule has 0 bridgehead atoms. The Balaban J connectivity index is 2.09. The van der Waals surface area contributed by atoms with E-state index in [1.54, 1.807) is 6.07 Å². The molecule has 4 nitrogen and oxygen atoms in total. The number of rotatable bonds is 2. The summed E-state index contributed by atoms with van der Waals surface area (Å²) in [4.78, 5) is 0. The first-order valence-corrected chi connectivity index (χ1v) is 7.09. The van der Waals surface area contributed by atoms with Gasteiger partial charge in [-0.15, -0.1) is 0 Å². The fraction of sp³-hybridized carbons (Fsp3) is 0.417. The summed E-state index contributed by atoms with van der Waals surface area (Å²) in [7, 11) is -0.654. The molecule has 1 aliphatic rings. The maximum Gasteiger partial charge on any atom is 0.101 e. The number of nitriles is 1. The molecule has 0 saturated carbocycles. The fourth-order valence-corrected chi connectivity index (χ4v) is 3.25. The molecule has 0 spiro atoms. The van der Waals surface area contributed by atoms with Gasteiger partial charge >= 0.3 is 0 Å². The van der Waals surface area contributed by atoms with Crippen molar-refractivity contribution in [2.75, 3.05) is 22.6 Å². The lowest BCUT2D eigenvalue weighted by atomic mass is 10.1. The van der Waals surface area contributed by atoms with Crippen LogP contribution in [0.15, 0.2) is 18.2 Å². The Morgan fingerprint density at radius 2 is 2.12 bits per heavy atom. The normalized spacial score (nSPS) is 23.9. The van der Waals surface area contributed by atoms with Crippen molar-refractivity contribution in [3.63, 3.8) is 0 Å². The number of para-hydroxylation sites is 1. The number of anilines is 2. The standard InChI is InChI=1S/C12H15N3OS/c13-8-9-2-1-3-11(12(9)14)15-10-4-6-17(16)7-5-10/h1-3,10,15H,4-7,14H2. The van der Waals surface area contributed by atoms with E-state index in [0.717, 1.165) is 30.0 Å². The highest BCUT2D eigenvalue weighted by molar-refractivity contribution is 7.85. The van der Waals surface area contributed by atoms with E-state index in [9.17, 15) is 4.21 Å². The van der Waals surface area contributed by atoms with E-state index in [0.29, 0.717) is 17.3 Å². The van der Waals surface area contributed by atoms with Crippen LogP contribution < -0.4 is 11.1 Å². The van der Waals surface area contributed by atoms with Crippen molar-refractivity contribution >= 4 is 22.2 Å². The second kappa shape index (κ2) is 5.19. The fourth-order valence-electron chi connectivity index (χ4n) is 1.95. The molecule has 0 atom stereocenters. The molecular weight excluding hydrogens is 234 g/mol. The highest BCUT2D eigenvalue weighted by Gasteiger charge is 2.18. The second-order valence-electron chi connectivity index (χ2n) is 4.15. The highest BCUT2D eigenvalue weighted by atomic mass is 32.2. The van der Waals surface area contributed by atoms with Crippen LogP contribution in [0.4, 0.5) is 11.4 Å². The third-order valence-electron chi connectivity index (χ3n) is 2.97. The van der Waals surface area contributed by atoms with Crippen molar-refractivity contribution in [1.29, 1.82) is 5.26 Å². The molecular formula is C12H15N3OS. The van der Waals surface area contributed by atoms with Crippen LogP contribution in [0.25, 0.3) is 0 Å². The molecule has 3 N–H and O–H groups in total. The van der Waals surface area contributed by atoms with Gasteiger partial charge in [0.2, 0.25) is 0 Å². The van der Waals surface area contributed by atoms with Crippen molar-refractivity contribution in [3.05, 3.63) is 23.8 Å². The van der Waals surface area contributed by atoms with Crippen LogP contribution in [0.1, 0.15) is 18.4 Å². The summed E-state index contributed by atoms with van der Waals surface area (Å²) in [6, 6.07) is 7.77. The van der Waals surface area contributed by atoms with Crippen molar-refractivity contribution in [2.45, 2.75) is 18.9 Å².